The first-order valence-electron chi connectivity index (χ1n) is 5.48. The molecule has 1 aromatic carbocycles. The maximum absolute atomic E-state index is 5.01. The van der Waals surface area contributed by atoms with Gasteiger partial charge in [-0.2, -0.15) is 4.98 Å². The Morgan fingerprint density at radius 2 is 2.25 bits per heavy atom. The fourth-order valence-electron chi connectivity index (χ4n) is 2.43. The lowest BCUT2D eigenvalue weighted by molar-refractivity contribution is 0.393. The summed E-state index contributed by atoms with van der Waals surface area (Å²) in [4.78, 5) is 4.52. The van der Waals surface area contributed by atoms with E-state index in [-0.39, 0.29) is 4.84 Å². The zero-order chi connectivity index (χ0) is 11.0. The Morgan fingerprint density at radius 3 is 3.06 bits per heavy atom. The third-order valence-corrected chi connectivity index (χ3v) is 3.33. The minimum absolute atomic E-state index is 0.290. The number of hydrogen-bond donors (Lipinski definition) is 1. The number of aromatic amines is 1. The van der Waals surface area contributed by atoms with Crippen molar-refractivity contribution in [3.8, 4) is 0 Å². The van der Waals surface area contributed by atoms with Gasteiger partial charge in [0.1, 0.15) is 5.82 Å². The summed E-state index contributed by atoms with van der Waals surface area (Å²) in [5.74, 6) is 1.17. The summed E-state index contributed by atoms with van der Waals surface area (Å²) in [6, 6.07) is 8.53. The fraction of sp³-hybridized carbons (Fsp3) is 0.333. The van der Waals surface area contributed by atoms with E-state index in [1.165, 1.54) is 17.5 Å². The summed E-state index contributed by atoms with van der Waals surface area (Å²) in [5.41, 5.74) is 2.77. The highest BCUT2D eigenvalue weighted by atomic mass is 32.1. The molecule has 0 saturated carbocycles. The van der Waals surface area contributed by atoms with Crippen LogP contribution in [0.3, 0.4) is 0 Å². The molecule has 0 bridgehead atoms. The van der Waals surface area contributed by atoms with E-state index >= 15 is 0 Å². The van der Waals surface area contributed by atoms with Crippen molar-refractivity contribution in [2.45, 2.75) is 25.2 Å². The molecule has 0 aliphatic heterocycles. The maximum Gasteiger partial charge on any atom is 0.314 e. The molecule has 0 radical (unpaired) electrons. The van der Waals surface area contributed by atoms with Crippen molar-refractivity contribution in [3.63, 3.8) is 0 Å². The predicted octanol–water partition coefficient (Wildman–Crippen LogP) is 3.20. The Hall–Kier alpha value is -1.42. The third kappa shape index (κ3) is 1.59. The van der Waals surface area contributed by atoms with Gasteiger partial charge < -0.3 is 4.52 Å². The average Bonchev–Trinajstić information content (AvgIpc) is 2.75. The van der Waals surface area contributed by atoms with E-state index in [0.29, 0.717) is 5.92 Å². The Kier molecular flexibility index (Phi) is 2.36. The Labute approximate surface area is 98.5 Å². The lowest BCUT2D eigenvalue weighted by Gasteiger charge is -2.23. The molecule has 2 aromatic rings. The first-order chi connectivity index (χ1) is 7.84. The number of H-pyrrole nitrogens is 1. The molecule has 1 atom stereocenters. The van der Waals surface area contributed by atoms with Crippen molar-refractivity contribution in [2.75, 3.05) is 0 Å². The van der Waals surface area contributed by atoms with Gasteiger partial charge in [-0.25, -0.2) is 5.16 Å². The second kappa shape index (κ2) is 3.87. The van der Waals surface area contributed by atoms with Crippen LogP contribution in [0.25, 0.3) is 0 Å². The summed E-state index contributed by atoms with van der Waals surface area (Å²) >= 11 is 4.89. The number of benzene rings is 1. The molecule has 82 valence electrons. The molecule has 1 aromatic heterocycles. The largest absolute Gasteiger partial charge is 0.348 e. The highest BCUT2D eigenvalue weighted by molar-refractivity contribution is 7.71. The summed E-state index contributed by atoms with van der Waals surface area (Å²) in [6.07, 6.45) is 3.45. The van der Waals surface area contributed by atoms with Gasteiger partial charge in [0.2, 0.25) is 0 Å². The second-order valence-corrected chi connectivity index (χ2v) is 4.46. The van der Waals surface area contributed by atoms with Crippen LogP contribution in [0.1, 0.15) is 35.7 Å². The highest BCUT2D eigenvalue weighted by Gasteiger charge is 2.23. The molecule has 4 heteroatoms. The average molecular weight is 232 g/mol. The van der Waals surface area contributed by atoms with Gasteiger partial charge in [0, 0.05) is 5.92 Å². The number of aryl methyl sites for hydroxylation is 1. The molecule has 3 nitrogen and oxygen atoms in total. The van der Waals surface area contributed by atoms with E-state index in [9.17, 15) is 0 Å². The van der Waals surface area contributed by atoms with Gasteiger partial charge in [0.05, 0.1) is 0 Å². The molecule has 0 fully saturated rings. The number of nitrogens with one attached hydrogen (secondary N) is 1. The maximum atomic E-state index is 5.01. The van der Waals surface area contributed by atoms with Crippen molar-refractivity contribution in [1.82, 2.24) is 10.1 Å². The zero-order valence-corrected chi connectivity index (χ0v) is 9.59. The fourth-order valence-corrected chi connectivity index (χ4v) is 2.57. The molecular formula is C12H12N2OS. The van der Waals surface area contributed by atoms with E-state index in [1.54, 1.807) is 0 Å². The summed E-state index contributed by atoms with van der Waals surface area (Å²) in [6.45, 7) is 0. The van der Waals surface area contributed by atoms with Crippen molar-refractivity contribution in [2.24, 2.45) is 0 Å². The first-order valence-corrected chi connectivity index (χ1v) is 5.88. The van der Waals surface area contributed by atoms with Crippen LogP contribution in [0.15, 0.2) is 28.8 Å². The Bertz CT molecular complexity index is 558. The van der Waals surface area contributed by atoms with Crippen LogP contribution < -0.4 is 0 Å². The van der Waals surface area contributed by atoms with Gasteiger partial charge in [0.15, 0.2) is 0 Å². The van der Waals surface area contributed by atoms with E-state index in [1.807, 2.05) is 0 Å². The van der Waals surface area contributed by atoms with Gasteiger partial charge in [0.25, 0.3) is 0 Å². The molecule has 1 heterocycles. The zero-order valence-electron chi connectivity index (χ0n) is 8.77. The predicted molar refractivity (Wildman–Crippen MR) is 62.9 cm³/mol. The van der Waals surface area contributed by atoms with Crippen LogP contribution in [-0.2, 0) is 6.42 Å². The second-order valence-electron chi connectivity index (χ2n) is 4.11. The van der Waals surface area contributed by atoms with Gasteiger partial charge in [-0.15, -0.1) is 0 Å². The van der Waals surface area contributed by atoms with Crippen molar-refractivity contribution < 1.29 is 4.52 Å². The van der Waals surface area contributed by atoms with Crippen molar-refractivity contribution in [1.29, 1.82) is 0 Å². The van der Waals surface area contributed by atoms with Gasteiger partial charge in [-0.05, 0) is 42.6 Å². The Morgan fingerprint density at radius 1 is 1.38 bits per heavy atom. The molecule has 16 heavy (non-hydrogen) atoms. The molecule has 0 saturated heterocycles. The number of nitrogens with zero attached hydrogens (tertiary/aromatic N) is 1. The van der Waals surface area contributed by atoms with Crippen LogP contribution in [-0.4, -0.2) is 10.1 Å². The van der Waals surface area contributed by atoms with E-state index < -0.39 is 0 Å². The quantitative estimate of drug-likeness (QED) is 0.768. The summed E-state index contributed by atoms with van der Waals surface area (Å²) in [7, 11) is 0. The molecule has 1 aliphatic carbocycles. The van der Waals surface area contributed by atoms with Gasteiger partial charge >= 0.3 is 4.84 Å². The van der Waals surface area contributed by atoms with Crippen molar-refractivity contribution in [3.05, 3.63) is 46.1 Å². The summed E-state index contributed by atoms with van der Waals surface area (Å²) < 4.78 is 5.01. The van der Waals surface area contributed by atoms with Crippen LogP contribution in [0.4, 0.5) is 0 Å². The SMILES string of the molecule is S=c1nc(C2CCCc3ccccc32)[nH]o1. The number of fused-ring (bicyclic) bond motifs is 1. The van der Waals surface area contributed by atoms with E-state index in [2.05, 4.69) is 34.4 Å². The number of hydrogen-bond acceptors (Lipinski definition) is 3. The van der Waals surface area contributed by atoms with E-state index in [0.717, 1.165) is 18.7 Å². The Balaban J connectivity index is 2.08. The highest BCUT2D eigenvalue weighted by Crippen LogP contribution is 2.34. The smallest absolute Gasteiger partial charge is 0.314 e. The third-order valence-electron chi connectivity index (χ3n) is 3.15. The molecule has 1 N–H and O–H groups in total. The van der Waals surface area contributed by atoms with Crippen LogP contribution in [0, 0.1) is 4.84 Å². The topological polar surface area (TPSA) is 41.8 Å². The molecule has 1 aliphatic rings. The normalized spacial score (nSPS) is 19.4. The minimum atomic E-state index is 0.290. The number of rotatable bonds is 1. The molecule has 1 unspecified atom stereocenters. The van der Waals surface area contributed by atoms with Crippen LogP contribution in [0.5, 0.6) is 0 Å². The lowest BCUT2D eigenvalue weighted by atomic mass is 9.82. The van der Waals surface area contributed by atoms with Crippen LogP contribution in [0.2, 0.25) is 0 Å². The first kappa shape index (κ1) is 9.78. The number of aromatic nitrogens is 2. The minimum Gasteiger partial charge on any atom is -0.348 e. The monoisotopic (exact) mass is 232 g/mol. The van der Waals surface area contributed by atoms with Crippen LogP contribution >= 0.6 is 12.2 Å². The summed E-state index contributed by atoms with van der Waals surface area (Å²) in [5, 5.41) is 2.83. The standard InChI is InChI=1S/C12H12N2OS/c16-12-13-11(14-15-12)10-7-3-5-8-4-1-2-6-9(8)10/h1-2,4,6,10H,3,5,7H2,(H,13,14,16). The van der Waals surface area contributed by atoms with Gasteiger partial charge in [-0.3, -0.25) is 0 Å². The van der Waals surface area contributed by atoms with Gasteiger partial charge in [-0.1, -0.05) is 24.3 Å². The molecule has 3 rings (SSSR count). The molecule has 0 spiro atoms. The van der Waals surface area contributed by atoms with E-state index in [4.69, 9.17) is 16.7 Å². The van der Waals surface area contributed by atoms with Crippen molar-refractivity contribution >= 4 is 12.2 Å². The molecular weight excluding hydrogens is 220 g/mol. The lowest BCUT2D eigenvalue weighted by Crippen LogP contribution is -2.12. The molecule has 0 amide bonds.